The molecule has 0 radical (unpaired) electrons. The van der Waals surface area contributed by atoms with Crippen LogP contribution in [0.15, 0.2) is 28.7 Å². The van der Waals surface area contributed by atoms with Crippen molar-refractivity contribution in [2.45, 2.75) is 33.4 Å². The SMILES string of the molecule is CCOC(=O)[C@@H]1CCCN(Cn2nc(-c3ccc(OCC)cc3)oc2=S)C1. The Kier molecular flexibility index (Phi) is 6.63. The first-order valence-electron chi connectivity index (χ1n) is 9.30. The van der Waals surface area contributed by atoms with Gasteiger partial charge in [-0.05, 0) is 69.7 Å². The van der Waals surface area contributed by atoms with Crippen LogP contribution in [0.4, 0.5) is 0 Å². The monoisotopic (exact) mass is 391 g/mol. The van der Waals surface area contributed by atoms with Crippen LogP contribution < -0.4 is 4.74 Å². The van der Waals surface area contributed by atoms with Crippen molar-refractivity contribution >= 4 is 18.2 Å². The number of benzene rings is 1. The quantitative estimate of drug-likeness (QED) is 0.528. The molecule has 0 aliphatic carbocycles. The van der Waals surface area contributed by atoms with Crippen molar-refractivity contribution in [1.82, 2.24) is 14.7 Å². The lowest BCUT2D eigenvalue weighted by molar-refractivity contribution is -0.150. The van der Waals surface area contributed by atoms with Crippen LogP contribution in [-0.2, 0) is 16.2 Å². The zero-order valence-electron chi connectivity index (χ0n) is 15.7. The van der Waals surface area contributed by atoms with Gasteiger partial charge in [-0.25, -0.2) is 4.68 Å². The minimum absolute atomic E-state index is 0.0923. The molecule has 1 aromatic carbocycles. The van der Waals surface area contributed by atoms with Crippen LogP contribution in [0.3, 0.4) is 0 Å². The summed E-state index contributed by atoms with van der Waals surface area (Å²) in [7, 11) is 0. The number of carbonyl (C=O) groups excluding carboxylic acids is 1. The average molecular weight is 391 g/mol. The summed E-state index contributed by atoms with van der Waals surface area (Å²) < 4.78 is 17.9. The van der Waals surface area contributed by atoms with Crippen LogP contribution >= 0.6 is 12.2 Å². The molecule has 7 nitrogen and oxygen atoms in total. The van der Waals surface area contributed by atoms with E-state index in [4.69, 9.17) is 26.1 Å². The number of piperidine rings is 1. The van der Waals surface area contributed by atoms with Gasteiger partial charge in [0.2, 0.25) is 5.89 Å². The molecule has 0 N–H and O–H groups in total. The number of ether oxygens (including phenoxy) is 2. The van der Waals surface area contributed by atoms with Crippen LogP contribution in [0.5, 0.6) is 5.75 Å². The summed E-state index contributed by atoms with van der Waals surface area (Å²) in [4.78, 5) is 14.5. The van der Waals surface area contributed by atoms with E-state index < -0.39 is 0 Å². The molecule has 1 aliphatic rings. The molecule has 1 saturated heterocycles. The second-order valence-electron chi connectivity index (χ2n) is 6.44. The standard InChI is InChI=1S/C19H25N3O4S/c1-3-24-16-9-7-14(8-10-16)17-20-22(19(27)26-17)13-21-11-5-6-15(12-21)18(23)25-4-2/h7-10,15H,3-6,11-13H2,1-2H3/t15-/m1/s1. The summed E-state index contributed by atoms with van der Waals surface area (Å²) >= 11 is 5.32. The molecule has 0 unspecified atom stereocenters. The maximum Gasteiger partial charge on any atom is 0.310 e. The Balaban J connectivity index is 1.67. The van der Waals surface area contributed by atoms with E-state index >= 15 is 0 Å². The molecule has 0 saturated carbocycles. The summed E-state index contributed by atoms with van der Waals surface area (Å²) in [6, 6.07) is 7.55. The molecule has 146 valence electrons. The molecule has 1 fully saturated rings. The fourth-order valence-corrected chi connectivity index (χ4v) is 3.38. The number of hydrogen-bond acceptors (Lipinski definition) is 7. The molecule has 0 spiro atoms. The molecule has 0 amide bonds. The molecule has 27 heavy (non-hydrogen) atoms. The Hall–Kier alpha value is -2.19. The topological polar surface area (TPSA) is 69.7 Å². The Labute approximate surface area is 163 Å². The van der Waals surface area contributed by atoms with Gasteiger partial charge in [-0.3, -0.25) is 9.69 Å². The highest BCUT2D eigenvalue weighted by molar-refractivity contribution is 7.71. The van der Waals surface area contributed by atoms with Crippen molar-refractivity contribution in [3.05, 3.63) is 29.1 Å². The van der Waals surface area contributed by atoms with E-state index in [0.717, 1.165) is 30.7 Å². The largest absolute Gasteiger partial charge is 0.494 e. The van der Waals surface area contributed by atoms with Crippen molar-refractivity contribution in [2.75, 3.05) is 26.3 Å². The smallest absolute Gasteiger partial charge is 0.310 e. The number of aromatic nitrogens is 2. The molecule has 0 bridgehead atoms. The minimum atomic E-state index is -0.124. The third-order valence-corrected chi connectivity index (χ3v) is 4.77. The van der Waals surface area contributed by atoms with Crippen LogP contribution in [0, 0.1) is 10.8 Å². The van der Waals surface area contributed by atoms with Crippen LogP contribution in [0.1, 0.15) is 26.7 Å². The average Bonchev–Trinajstić information content (AvgIpc) is 3.03. The van der Waals surface area contributed by atoms with E-state index in [-0.39, 0.29) is 11.9 Å². The van der Waals surface area contributed by atoms with Crippen molar-refractivity contribution in [1.29, 1.82) is 0 Å². The Morgan fingerprint density at radius 3 is 2.78 bits per heavy atom. The summed E-state index contributed by atoms with van der Waals surface area (Å²) in [5.41, 5.74) is 0.839. The summed E-state index contributed by atoms with van der Waals surface area (Å²) in [6.45, 7) is 6.84. The maximum absolute atomic E-state index is 12.0. The Morgan fingerprint density at radius 1 is 1.30 bits per heavy atom. The molecule has 1 atom stereocenters. The molecule has 2 aromatic rings. The zero-order valence-corrected chi connectivity index (χ0v) is 16.5. The molecule has 1 aliphatic heterocycles. The van der Waals surface area contributed by atoms with Gasteiger partial charge in [0.25, 0.3) is 4.84 Å². The first-order chi connectivity index (χ1) is 13.1. The van der Waals surface area contributed by atoms with Crippen LogP contribution in [0.25, 0.3) is 11.5 Å². The third kappa shape index (κ3) is 4.95. The van der Waals surface area contributed by atoms with E-state index in [2.05, 4.69) is 10.00 Å². The van der Waals surface area contributed by atoms with Crippen molar-refractivity contribution in [2.24, 2.45) is 5.92 Å². The van der Waals surface area contributed by atoms with Crippen LogP contribution in [0.2, 0.25) is 0 Å². The number of carbonyl (C=O) groups is 1. The van der Waals surface area contributed by atoms with Gasteiger partial charge in [0.15, 0.2) is 0 Å². The predicted molar refractivity (Wildman–Crippen MR) is 103 cm³/mol. The third-order valence-electron chi connectivity index (χ3n) is 4.48. The van der Waals surface area contributed by atoms with E-state index in [1.807, 2.05) is 38.1 Å². The normalized spacial score (nSPS) is 17.6. The lowest BCUT2D eigenvalue weighted by Crippen LogP contribution is -2.40. The molecule has 2 heterocycles. The van der Waals surface area contributed by atoms with Gasteiger partial charge < -0.3 is 13.9 Å². The Bertz CT molecular complexity index is 815. The molecule has 3 rings (SSSR count). The van der Waals surface area contributed by atoms with Crippen molar-refractivity contribution in [3.63, 3.8) is 0 Å². The fourth-order valence-electron chi connectivity index (χ4n) is 3.20. The number of likely N-dealkylation sites (tertiary alicyclic amines) is 1. The highest BCUT2D eigenvalue weighted by atomic mass is 32.1. The van der Waals surface area contributed by atoms with Crippen LogP contribution in [-0.4, -0.2) is 47.0 Å². The number of rotatable bonds is 7. The zero-order chi connectivity index (χ0) is 19.2. The number of hydrogen-bond donors (Lipinski definition) is 0. The Morgan fingerprint density at radius 2 is 2.07 bits per heavy atom. The van der Waals surface area contributed by atoms with Gasteiger partial charge in [-0.1, -0.05) is 0 Å². The lowest BCUT2D eigenvalue weighted by Gasteiger charge is -2.30. The van der Waals surface area contributed by atoms with Gasteiger partial charge in [0.05, 0.1) is 25.8 Å². The number of nitrogens with zero attached hydrogens (tertiary/aromatic N) is 3. The van der Waals surface area contributed by atoms with Crippen molar-refractivity contribution < 1.29 is 18.7 Å². The second kappa shape index (κ2) is 9.14. The van der Waals surface area contributed by atoms with Crippen molar-refractivity contribution in [3.8, 4) is 17.2 Å². The first kappa shape index (κ1) is 19.6. The van der Waals surface area contributed by atoms with Gasteiger partial charge >= 0.3 is 5.97 Å². The molecule has 8 heteroatoms. The summed E-state index contributed by atoms with van der Waals surface area (Å²) in [6.07, 6.45) is 1.80. The predicted octanol–water partition coefficient (Wildman–Crippen LogP) is 3.50. The summed E-state index contributed by atoms with van der Waals surface area (Å²) in [5, 5.41) is 4.50. The van der Waals surface area contributed by atoms with E-state index in [1.165, 1.54) is 0 Å². The van der Waals surface area contributed by atoms with Gasteiger partial charge in [0.1, 0.15) is 5.75 Å². The van der Waals surface area contributed by atoms with Gasteiger partial charge in [-0.2, -0.15) is 0 Å². The molecule has 1 aromatic heterocycles. The van der Waals surface area contributed by atoms with E-state index in [1.54, 1.807) is 4.68 Å². The van der Waals surface area contributed by atoms with E-state index in [9.17, 15) is 4.79 Å². The number of esters is 1. The van der Waals surface area contributed by atoms with E-state index in [0.29, 0.717) is 37.2 Å². The highest BCUT2D eigenvalue weighted by Crippen LogP contribution is 2.23. The molecular weight excluding hydrogens is 366 g/mol. The lowest BCUT2D eigenvalue weighted by atomic mass is 9.99. The van der Waals surface area contributed by atoms with Gasteiger partial charge in [-0.15, -0.1) is 5.10 Å². The van der Waals surface area contributed by atoms with Gasteiger partial charge in [0, 0.05) is 12.1 Å². The second-order valence-corrected chi connectivity index (χ2v) is 6.79. The highest BCUT2D eigenvalue weighted by Gasteiger charge is 2.27. The minimum Gasteiger partial charge on any atom is -0.494 e. The summed E-state index contributed by atoms with van der Waals surface area (Å²) in [5.74, 6) is 1.06. The first-order valence-corrected chi connectivity index (χ1v) is 9.71. The fraction of sp³-hybridized carbons (Fsp3) is 0.526. The molecular formula is C19H25N3O4S. The maximum atomic E-state index is 12.0.